The molecule has 5 heteroatoms. The minimum atomic E-state index is -0.00248. The van der Waals surface area contributed by atoms with Gasteiger partial charge in [-0.05, 0) is 57.2 Å². The highest BCUT2D eigenvalue weighted by atomic mass is 79.9. The molecule has 0 aliphatic rings. The van der Waals surface area contributed by atoms with E-state index < -0.39 is 0 Å². The van der Waals surface area contributed by atoms with E-state index in [0.29, 0.717) is 17.8 Å². The summed E-state index contributed by atoms with van der Waals surface area (Å²) >= 11 is 5.03. The molecule has 0 radical (unpaired) electrons. The molecule has 0 spiro atoms. The third-order valence-electron chi connectivity index (χ3n) is 2.55. The third kappa shape index (κ3) is 3.11. The molecule has 0 unspecified atom stereocenters. The second kappa shape index (κ2) is 5.54. The number of nitrogens with zero attached hydrogens (tertiary/aromatic N) is 1. The number of carbonyl (C=O) groups is 1. The number of benzene rings is 1. The lowest BCUT2D eigenvalue weighted by molar-refractivity contribution is 0.0785. The SMILES string of the molecule is CN(Cc1csc(Br)c1)C(=O)c1ccc(N)cc1. The molecular formula is C13H13BrN2OS. The van der Waals surface area contributed by atoms with E-state index >= 15 is 0 Å². The standard InChI is InChI=1S/C13H13BrN2OS/c1-16(7-9-6-12(14)18-8-9)13(17)10-2-4-11(15)5-3-10/h2-6,8H,7,15H2,1H3. The summed E-state index contributed by atoms with van der Waals surface area (Å²) in [5.74, 6) is -0.00248. The van der Waals surface area contributed by atoms with Crippen molar-refractivity contribution in [1.82, 2.24) is 4.90 Å². The maximum atomic E-state index is 12.1. The number of carbonyl (C=O) groups excluding carboxylic acids is 1. The topological polar surface area (TPSA) is 46.3 Å². The van der Waals surface area contributed by atoms with E-state index in [4.69, 9.17) is 5.73 Å². The summed E-state index contributed by atoms with van der Waals surface area (Å²) in [6.07, 6.45) is 0. The molecule has 0 saturated carbocycles. The van der Waals surface area contributed by atoms with Crippen LogP contribution in [-0.2, 0) is 6.54 Å². The minimum Gasteiger partial charge on any atom is -0.399 e. The number of rotatable bonds is 3. The Kier molecular flexibility index (Phi) is 4.04. The second-order valence-corrected chi connectivity index (χ2v) is 6.33. The largest absolute Gasteiger partial charge is 0.399 e. The molecule has 2 aromatic rings. The Labute approximate surface area is 118 Å². The van der Waals surface area contributed by atoms with Gasteiger partial charge in [0.2, 0.25) is 0 Å². The minimum absolute atomic E-state index is 0.00248. The van der Waals surface area contributed by atoms with Crippen molar-refractivity contribution in [2.75, 3.05) is 12.8 Å². The van der Waals surface area contributed by atoms with Crippen LogP contribution < -0.4 is 5.73 Å². The lowest BCUT2D eigenvalue weighted by atomic mass is 10.2. The van der Waals surface area contributed by atoms with E-state index in [0.717, 1.165) is 9.35 Å². The van der Waals surface area contributed by atoms with E-state index in [1.54, 1.807) is 47.5 Å². The van der Waals surface area contributed by atoms with Crippen molar-refractivity contribution in [3.8, 4) is 0 Å². The van der Waals surface area contributed by atoms with E-state index in [1.807, 2.05) is 11.4 Å². The average molecular weight is 325 g/mol. The quantitative estimate of drug-likeness (QED) is 0.880. The van der Waals surface area contributed by atoms with Crippen LogP contribution in [0.4, 0.5) is 5.69 Å². The Balaban J connectivity index is 2.07. The van der Waals surface area contributed by atoms with Gasteiger partial charge in [0.05, 0.1) is 3.79 Å². The Morgan fingerprint density at radius 2 is 2.06 bits per heavy atom. The van der Waals surface area contributed by atoms with Crippen molar-refractivity contribution in [3.05, 3.63) is 50.6 Å². The molecule has 1 aromatic heterocycles. The molecule has 0 aliphatic carbocycles. The molecule has 0 saturated heterocycles. The molecule has 0 bridgehead atoms. The van der Waals surface area contributed by atoms with Crippen molar-refractivity contribution in [2.45, 2.75) is 6.54 Å². The molecule has 2 N–H and O–H groups in total. The summed E-state index contributed by atoms with van der Waals surface area (Å²) in [5.41, 5.74) is 8.04. The van der Waals surface area contributed by atoms with E-state index in [9.17, 15) is 4.79 Å². The van der Waals surface area contributed by atoms with Crippen molar-refractivity contribution in [3.63, 3.8) is 0 Å². The third-order valence-corrected chi connectivity index (χ3v) is 4.10. The molecule has 2 rings (SSSR count). The number of nitrogens with two attached hydrogens (primary N) is 1. The van der Waals surface area contributed by atoms with Crippen LogP contribution in [-0.4, -0.2) is 17.9 Å². The van der Waals surface area contributed by atoms with Gasteiger partial charge in [0.25, 0.3) is 5.91 Å². The Morgan fingerprint density at radius 3 is 2.61 bits per heavy atom. The highest BCUT2D eigenvalue weighted by Crippen LogP contribution is 2.22. The molecule has 1 heterocycles. The second-order valence-electron chi connectivity index (χ2n) is 4.04. The maximum Gasteiger partial charge on any atom is 0.253 e. The van der Waals surface area contributed by atoms with Gasteiger partial charge in [-0.2, -0.15) is 0 Å². The summed E-state index contributed by atoms with van der Waals surface area (Å²) in [6, 6.07) is 9.00. The molecule has 0 aliphatic heterocycles. The van der Waals surface area contributed by atoms with Crippen LogP contribution in [0.2, 0.25) is 0 Å². The fourth-order valence-electron chi connectivity index (χ4n) is 1.62. The van der Waals surface area contributed by atoms with Gasteiger partial charge in [-0.15, -0.1) is 11.3 Å². The molecular weight excluding hydrogens is 312 g/mol. The number of halogens is 1. The summed E-state index contributed by atoms with van der Waals surface area (Å²) in [7, 11) is 1.80. The van der Waals surface area contributed by atoms with Gasteiger partial charge in [0, 0.05) is 24.8 Å². The fraction of sp³-hybridized carbons (Fsp3) is 0.154. The molecule has 94 valence electrons. The zero-order chi connectivity index (χ0) is 13.1. The lowest BCUT2D eigenvalue weighted by Crippen LogP contribution is -2.25. The molecule has 0 atom stereocenters. The number of amides is 1. The first-order valence-corrected chi connectivity index (χ1v) is 7.07. The maximum absolute atomic E-state index is 12.1. The Hall–Kier alpha value is -1.33. The number of thiophene rings is 1. The summed E-state index contributed by atoms with van der Waals surface area (Å²) in [4.78, 5) is 13.8. The molecule has 1 amide bonds. The normalized spacial score (nSPS) is 10.3. The van der Waals surface area contributed by atoms with Gasteiger partial charge in [-0.3, -0.25) is 4.79 Å². The predicted molar refractivity (Wildman–Crippen MR) is 78.7 cm³/mol. The number of anilines is 1. The Bertz CT molecular complexity index is 550. The van der Waals surface area contributed by atoms with E-state index in [2.05, 4.69) is 15.9 Å². The van der Waals surface area contributed by atoms with Gasteiger partial charge in [0.1, 0.15) is 0 Å². The monoisotopic (exact) mass is 324 g/mol. The highest BCUT2D eigenvalue weighted by molar-refractivity contribution is 9.11. The predicted octanol–water partition coefficient (Wildman–Crippen LogP) is 3.37. The van der Waals surface area contributed by atoms with Crippen LogP contribution in [0.3, 0.4) is 0 Å². The Morgan fingerprint density at radius 1 is 1.39 bits per heavy atom. The van der Waals surface area contributed by atoms with Crippen molar-refractivity contribution < 1.29 is 4.79 Å². The summed E-state index contributed by atoms with van der Waals surface area (Å²) in [5, 5.41) is 2.04. The van der Waals surface area contributed by atoms with Crippen LogP contribution in [0.1, 0.15) is 15.9 Å². The average Bonchev–Trinajstić information content (AvgIpc) is 2.75. The van der Waals surface area contributed by atoms with Crippen molar-refractivity contribution in [1.29, 1.82) is 0 Å². The van der Waals surface area contributed by atoms with Gasteiger partial charge in [-0.1, -0.05) is 0 Å². The van der Waals surface area contributed by atoms with Gasteiger partial charge < -0.3 is 10.6 Å². The van der Waals surface area contributed by atoms with Crippen molar-refractivity contribution >= 4 is 38.9 Å². The molecule has 3 nitrogen and oxygen atoms in total. The zero-order valence-electron chi connectivity index (χ0n) is 9.89. The van der Waals surface area contributed by atoms with Crippen LogP contribution in [0.15, 0.2) is 39.5 Å². The lowest BCUT2D eigenvalue weighted by Gasteiger charge is -2.16. The number of nitrogen functional groups attached to an aromatic ring is 1. The van der Waals surface area contributed by atoms with Gasteiger partial charge >= 0.3 is 0 Å². The summed E-state index contributed by atoms with van der Waals surface area (Å²) in [6.45, 7) is 0.602. The molecule has 1 aromatic carbocycles. The van der Waals surface area contributed by atoms with Crippen molar-refractivity contribution in [2.24, 2.45) is 0 Å². The smallest absolute Gasteiger partial charge is 0.253 e. The van der Waals surface area contributed by atoms with Crippen LogP contribution in [0, 0.1) is 0 Å². The first-order valence-electron chi connectivity index (χ1n) is 5.40. The molecule has 0 fully saturated rings. The first kappa shape index (κ1) is 13.1. The van der Waals surface area contributed by atoms with Crippen LogP contribution in [0.5, 0.6) is 0 Å². The van der Waals surface area contributed by atoms with E-state index in [1.165, 1.54) is 0 Å². The van der Waals surface area contributed by atoms with Gasteiger partial charge in [0.15, 0.2) is 0 Å². The van der Waals surface area contributed by atoms with Gasteiger partial charge in [-0.25, -0.2) is 0 Å². The summed E-state index contributed by atoms with van der Waals surface area (Å²) < 4.78 is 1.07. The first-order chi connectivity index (χ1) is 8.56. The van der Waals surface area contributed by atoms with Crippen LogP contribution in [0.25, 0.3) is 0 Å². The highest BCUT2D eigenvalue weighted by Gasteiger charge is 2.12. The fourth-order valence-corrected chi connectivity index (χ4v) is 2.82. The number of hydrogen-bond donors (Lipinski definition) is 1. The number of hydrogen-bond acceptors (Lipinski definition) is 3. The molecule has 18 heavy (non-hydrogen) atoms. The van der Waals surface area contributed by atoms with E-state index in [-0.39, 0.29) is 5.91 Å². The zero-order valence-corrected chi connectivity index (χ0v) is 12.3. The van der Waals surface area contributed by atoms with Crippen LogP contribution >= 0.6 is 27.3 Å².